The molecule has 0 saturated carbocycles. The van der Waals surface area contributed by atoms with Gasteiger partial charge in [0.15, 0.2) is 0 Å². The monoisotopic (exact) mass is 304 g/mol. The van der Waals surface area contributed by atoms with Gasteiger partial charge in [-0.2, -0.15) is 0 Å². The quantitative estimate of drug-likeness (QED) is 0.780. The van der Waals surface area contributed by atoms with Crippen molar-refractivity contribution < 1.29 is 0 Å². The minimum absolute atomic E-state index is 0.686. The number of rotatable bonds is 1. The maximum atomic E-state index is 3.55. The van der Waals surface area contributed by atoms with E-state index in [0.717, 1.165) is 5.92 Å². The first-order valence-electron chi connectivity index (χ1n) is 6.80. The van der Waals surface area contributed by atoms with Crippen molar-refractivity contribution >= 4 is 26.8 Å². The van der Waals surface area contributed by atoms with Crippen LogP contribution in [0.15, 0.2) is 34.9 Å². The number of aromatic nitrogens is 1. The molecule has 2 aromatic rings. The third-order valence-electron chi connectivity index (χ3n) is 4.66. The summed E-state index contributed by atoms with van der Waals surface area (Å²) < 4.78 is 3.68. The first-order chi connectivity index (χ1) is 8.81. The lowest BCUT2D eigenvalue weighted by Crippen LogP contribution is -2.47. The van der Waals surface area contributed by atoms with Gasteiger partial charge in [-0.3, -0.25) is 0 Å². The van der Waals surface area contributed by atoms with Crippen molar-refractivity contribution in [3.63, 3.8) is 0 Å². The highest BCUT2D eigenvalue weighted by Gasteiger charge is 2.35. The van der Waals surface area contributed by atoms with E-state index in [-0.39, 0.29) is 0 Å². The molecule has 0 N–H and O–H groups in total. The van der Waals surface area contributed by atoms with E-state index in [4.69, 9.17) is 0 Å². The van der Waals surface area contributed by atoms with Crippen LogP contribution < -0.4 is 0 Å². The molecule has 5 rings (SSSR count). The van der Waals surface area contributed by atoms with Crippen LogP contribution in [0.25, 0.3) is 10.9 Å². The van der Waals surface area contributed by atoms with E-state index in [2.05, 4.69) is 55.9 Å². The Morgan fingerprint density at radius 2 is 1.94 bits per heavy atom. The Morgan fingerprint density at radius 1 is 1.11 bits per heavy atom. The summed E-state index contributed by atoms with van der Waals surface area (Å²) in [6, 6.07) is 9.55. The molecule has 3 aliphatic heterocycles. The largest absolute Gasteiger partial charge is 0.343 e. The van der Waals surface area contributed by atoms with Gasteiger partial charge in [0, 0.05) is 34.2 Å². The van der Waals surface area contributed by atoms with E-state index in [1.165, 1.54) is 47.9 Å². The van der Waals surface area contributed by atoms with Crippen LogP contribution in [-0.4, -0.2) is 29.1 Å². The summed E-state index contributed by atoms with van der Waals surface area (Å²) in [4.78, 5) is 2.62. The highest BCUT2D eigenvalue weighted by molar-refractivity contribution is 9.10. The SMILES string of the molecule is Brc1ccc2c(ccn2C2CN3CCC2CC3)c1. The molecule has 2 bridgehead atoms. The smallest absolute Gasteiger partial charge is 0.0492 e. The van der Waals surface area contributed by atoms with Crippen LogP contribution >= 0.6 is 15.9 Å². The lowest BCUT2D eigenvalue weighted by atomic mass is 9.84. The normalized spacial score (nSPS) is 31.1. The molecule has 1 unspecified atom stereocenters. The van der Waals surface area contributed by atoms with E-state index in [9.17, 15) is 0 Å². The van der Waals surface area contributed by atoms with Gasteiger partial charge >= 0.3 is 0 Å². The molecule has 3 aliphatic rings. The van der Waals surface area contributed by atoms with Gasteiger partial charge in [0.25, 0.3) is 0 Å². The van der Waals surface area contributed by atoms with Gasteiger partial charge in [-0.25, -0.2) is 0 Å². The summed E-state index contributed by atoms with van der Waals surface area (Å²) in [5.74, 6) is 0.884. The highest BCUT2D eigenvalue weighted by Crippen LogP contribution is 2.37. The zero-order valence-corrected chi connectivity index (χ0v) is 11.9. The number of halogens is 1. The molecule has 18 heavy (non-hydrogen) atoms. The standard InChI is InChI=1S/C15H17BrN2/c16-13-1-2-14-12(9-13)5-8-18(14)15-10-17-6-3-11(15)4-7-17/h1-2,5,8-9,11,15H,3-4,6-7,10H2. The summed E-state index contributed by atoms with van der Waals surface area (Å²) in [7, 11) is 0. The molecule has 3 heteroatoms. The van der Waals surface area contributed by atoms with Gasteiger partial charge in [-0.05, 0) is 56.1 Å². The average molecular weight is 305 g/mol. The summed E-state index contributed by atoms with van der Waals surface area (Å²) in [6.45, 7) is 3.86. The van der Waals surface area contributed by atoms with Gasteiger partial charge in [-0.1, -0.05) is 15.9 Å². The van der Waals surface area contributed by atoms with E-state index in [1.807, 2.05) is 0 Å². The lowest BCUT2D eigenvalue weighted by Gasteiger charge is -2.45. The van der Waals surface area contributed by atoms with Gasteiger partial charge in [0.05, 0.1) is 0 Å². The first kappa shape index (κ1) is 11.1. The number of piperidine rings is 3. The molecule has 0 aliphatic carbocycles. The zero-order valence-electron chi connectivity index (χ0n) is 10.3. The van der Waals surface area contributed by atoms with E-state index in [0.29, 0.717) is 6.04 Å². The fraction of sp³-hybridized carbons (Fsp3) is 0.467. The third-order valence-corrected chi connectivity index (χ3v) is 5.15. The Hall–Kier alpha value is -0.800. The molecule has 4 heterocycles. The van der Waals surface area contributed by atoms with Crippen molar-refractivity contribution in [2.75, 3.05) is 19.6 Å². The van der Waals surface area contributed by atoms with Crippen LogP contribution in [0.3, 0.4) is 0 Å². The Kier molecular flexibility index (Phi) is 2.52. The zero-order chi connectivity index (χ0) is 12.1. The van der Waals surface area contributed by atoms with Gasteiger partial charge < -0.3 is 9.47 Å². The average Bonchev–Trinajstić information content (AvgIpc) is 2.82. The predicted molar refractivity (Wildman–Crippen MR) is 77.8 cm³/mol. The molecule has 3 saturated heterocycles. The number of nitrogens with zero attached hydrogens (tertiary/aromatic N) is 2. The Bertz CT molecular complexity index is 581. The Balaban J connectivity index is 1.78. The number of fused-ring (bicyclic) bond motifs is 4. The highest BCUT2D eigenvalue weighted by atomic mass is 79.9. The van der Waals surface area contributed by atoms with Crippen molar-refractivity contribution in [1.82, 2.24) is 9.47 Å². The molecule has 0 radical (unpaired) electrons. The summed E-state index contributed by atoms with van der Waals surface area (Å²) >= 11 is 3.55. The lowest BCUT2D eigenvalue weighted by molar-refractivity contribution is 0.0591. The van der Waals surface area contributed by atoms with Gasteiger partial charge in [-0.15, -0.1) is 0 Å². The van der Waals surface area contributed by atoms with Crippen LogP contribution in [0.4, 0.5) is 0 Å². The van der Waals surface area contributed by atoms with E-state index >= 15 is 0 Å². The van der Waals surface area contributed by atoms with Gasteiger partial charge in [0.1, 0.15) is 0 Å². The summed E-state index contributed by atoms with van der Waals surface area (Å²) in [5.41, 5.74) is 1.39. The Morgan fingerprint density at radius 3 is 2.67 bits per heavy atom. The molecule has 1 atom stereocenters. The van der Waals surface area contributed by atoms with Crippen molar-refractivity contribution in [2.24, 2.45) is 5.92 Å². The van der Waals surface area contributed by atoms with Crippen LogP contribution in [-0.2, 0) is 0 Å². The van der Waals surface area contributed by atoms with Crippen LogP contribution in [0.2, 0.25) is 0 Å². The van der Waals surface area contributed by atoms with Crippen molar-refractivity contribution in [3.8, 4) is 0 Å². The molecule has 94 valence electrons. The fourth-order valence-electron chi connectivity index (χ4n) is 3.67. The summed E-state index contributed by atoms with van der Waals surface area (Å²) in [5, 5.41) is 1.35. The molecule has 3 fully saturated rings. The second kappa shape index (κ2) is 4.10. The molecule has 1 aromatic carbocycles. The molecular formula is C15H17BrN2. The molecule has 2 nitrogen and oxygen atoms in total. The minimum Gasteiger partial charge on any atom is -0.343 e. The third kappa shape index (κ3) is 1.64. The Labute approximate surface area is 116 Å². The second-order valence-electron chi connectivity index (χ2n) is 5.63. The molecule has 0 amide bonds. The summed E-state index contributed by atoms with van der Waals surface area (Å²) in [6.07, 6.45) is 5.03. The number of hydrogen-bond donors (Lipinski definition) is 0. The van der Waals surface area contributed by atoms with Crippen molar-refractivity contribution in [2.45, 2.75) is 18.9 Å². The topological polar surface area (TPSA) is 8.17 Å². The maximum absolute atomic E-state index is 3.55. The molecule has 0 spiro atoms. The minimum atomic E-state index is 0.686. The second-order valence-corrected chi connectivity index (χ2v) is 6.55. The maximum Gasteiger partial charge on any atom is 0.0492 e. The van der Waals surface area contributed by atoms with E-state index < -0.39 is 0 Å². The fourth-order valence-corrected chi connectivity index (χ4v) is 4.05. The molecular weight excluding hydrogens is 288 g/mol. The van der Waals surface area contributed by atoms with Gasteiger partial charge in [0.2, 0.25) is 0 Å². The number of hydrogen-bond acceptors (Lipinski definition) is 1. The van der Waals surface area contributed by atoms with Crippen LogP contribution in [0.5, 0.6) is 0 Å². The number of benzene rings is 1. The predicted octanol–water partition coefficient (Wildman–Crippen LogP) is 3.67. The van der Waals surface area contributed by atoms with Crippen LogP contribution in [0, 0.1) is 5.92 Å². The van der Waals surface area contributed by atoms with Crippen molar-refractivity contribution in [1.29, 1.82) is 0 Å². The van der Waals surface area contributed by atoms with Crippen LogP contribution in [0.1, 0.15) is 18.9 Å². The molecule has 1 aromatic heterocycles. The van der Waals surface area contributed by atoms with E-state index in [1.54, 1.807) is 0 Å². The van der Waals surface area contributed by atoms with Crippen molar-refractivity contribution in [3.05, 3.63) is 34.9 Å². The first-order valence-corrected chi connectivity index (χ1v) is 7.59.